The molecule has 8 nitrogen and oxygen atoms in total. The molecule has 0 spiro atoms. The van der Waals surface area contributed by atoms with Gasteiger partial charge in [0.1, 0.15) is 6.61 Å². The molecule has 0 aliphatic carbocycles. The number of methoxy groups -OCH3 is 1. The second-order valence-electron chi connectivity index (χ2n) is 6.48. The van der Waals surface area contributed by atoms with E-state index in [2.05, 4.69) is 15.5 Å². The highest BCUT2D eigenvalue weighted by molar-refractivity contribution is 7.22. The average Bonchev–Trinajstić information content (AvgIpc) is 3.21. The number of nitrogens with zero attached hydrogens (tertiary/aromatic N) is 3. The number of fused-ring (bicyclic) bond motifs is 1. The Labute approximate surface area is 181 Å². The molecule has 0 atom stereocenters. The number of anilines is 1. The van der Waals surface area contributed by atoms with E-state index in [0.29, 0.717) is 16.6 Å². The second-order valence-corrected chi connectivity index (χ2v) is 7.51. The molecule has 1 heterocycles. The summed E-state index contributed by atoms with van der Waals surface area (Å²) in [5, 5.41) is 15.7. The molecule has 9 heteroatoms. The molecule has 1 N–H and O–H groups in total. The molecule has 0 aliphatic rings. The molecule has 0 amide bonds. The molecule has 4 aromatic rings. The molecular weight excluding hydrogens is 416 g/mol. The first-order valence-electron chi connectivity index (χ1n) is 9.31. The standard InChI is InChI=1S/C22H18N4O4S/c1-29-20-12-16(13-23-25-22-24-18-4-2-3-5-21(18)31-22)8-11-19(20)30-14-15-6-9-17(10-7-15)26(27)28/h2-13H,14H2,1H3,(H,24,25)/b23-13+. The molecule has 4 rings (SSSR count). The van der Waals surface area contributed by atoms with Crippen LogP contribution in [-0.2, 0) is 6.61 Å². The highest BCUT2D eigenvalue weighted by Crippen LogP contribution is 2.29. The van der Waals surface area contributed by atoms with E-state index in [9.17, 15) is 10.1 Å². The van der Waals surface area contributed by atoms with Crippen molar-refractivity contribution in [2.75, 3.05) is 12.5 Å². The van der Waals surface area contributed by atoms with Crippen molar-refractivity contribution < 1.29 is 14.4 Å². The molecule has 0 saturated carbocycles. The maximum Gasteiger partial charge on any atom is 0.269 e. The number of para-hydroxylation sites is 1. The van der Waals surface area contributed by atoms with Gasteiger partial charge < -0.3 is 9.47 Å². The van der Waals surface area contributed by atoms with Gasteiger partial charge in [0, 0.05) is 12.1 Å². The predicted molar refractivity (Wildman–Crippen MR) is 121 cm³/mol. The number of rotatable bonds is 8. The largest absolute Gasteiger partial charge is 0.493 e. The zero-order valence-corrected chi connectivity index (χ0v) is 17.3. The summed E-state index contributed by atoms with van der Waals surface area (Å²) in [4.78, 5) is 14.8. The number of non-ortho nitro benzene ring substituents is 1. The smallest absolute Gasteiger partial charge is 0.269 e. The van der Waals surface area contributed by atoms with Crippen LogP contribution >= 0.6 is 11.3 Å². The fourth-order valence-corrected chi connectivity index (χ4v) is 3.66. The number of nitro groups is 1. The van der Waals surface area contributed by atoms with Crippen LogP contribution in [-0.4, -0.2) is 23.2 Å². The van der Waals surface area contributed by atoms with Crippen molar-refractivity contribution in [1.29, 1.82) is 0 Å². The lowest BCUT2D eigenvalue weighted by molar-refractivity contribution is -0.384. The monoisotopic (exact) mass is 434 g/mol. The van der Waals surface area contributed by atoms with E-state index >= 15 is 0 Å². The van der Waals surface area contributed by atoms with E-state index in [4.69, 9.17) is 9.47 Å². The Morgan fingerprint density at radius 2 is 1.94 bits per heavy atom. The summed E-state index contributed by atoms with van der Waals surface area (Å²) >= 11 is 1.53. The van der Waals surface area contributed by atoms with Gasteiger partial charge in [0.2, 0.25) is 5.13 Å². The van der Waals surface area contributed by atoms with Crippen molar-refractivity contribution in [2.24, 2.45) is 5.10 Å². The van der Waals surface area contributed by atoms with Gasteiger partial charge in [0.05, 0.1) is 28.5 Å². The number of aromatic nitrogens is 1. The summed E-state index contributed by atoms with van der Waals surface area (Å²) in [5.74, 6) is 1.13. The van der Waals surface area contributed by atoms with Crippen LogP contribution in [0.5, 0.6) is 11.5 Å². The number of nitrogens with one attached hydrogen (secondary N) is 1. The number of hydrogen-bond acceptors (Lipinski definition) is 8. The van der Waals surface area contributed by atoms with E-state index in [1.165, 1.54) is 23.5 Å². The summed E-state index contributed by atoms with van der Waals surface area (Å²) in [6.45, 7) is 0.265. The van der Waals surface area contributed by atoms with Gasteiger partial charge in [-0.1, -0.05) is 23.5 Å². The van der Waals surface area contributed by atoms with E-state index in [1.807, 2.05) is 36.4 Å². The summed E-state index contributed by atoms with van der Waals surface area (Å²) in [7, 11) is 1.56. The number of benzene rings is 3. The van der Waals surface area contributed by atoms with Crippen LogP contribution in [0.1, 0.15) is 11.1 Å². The zero-order chi connectivity index (χ0) is 21.6. The maximum atomic E-state index is 10.7. The van der Waals surface area contributed by atoms with E-state index < -0.39 is 4.92 Å². The van der Waals surface area contributed by atoms with Crippen molar-refractivity contribution in [3.63, 3.8) is 0 Å². The Bertz CT molecular complexity index is 1200. The summed E-state index contributed by atoms with van der Waals surface area (Å²) < 4.78 is 12.3. The van der Waals surface area contributed by atoms with Gasteiger partial charge in [-0.15, -0.1) is 0 Å². The Morgan fingerprint density at radius 1 is 1.13 bits per heavy atom. The van der Waals surface area contributed by atoms with Gasteiger partial charge in [-0.05, 0) is 53.6 Å². The Morgan fingerprint density at radius 3 is 2.68 bits per heavy atom. The molecule has 0 unspecified atom stereocenters. The number of ether oxygens (including phenoxy) is 2. The van der Waals surface area contributed by atoms with Gasteiger partial charge in [-0.3, -0.25) is 15.5 Å². The van der Waals surface area contributed by atoms with Crippen LogP contribution in [0.4, 0.5) is 10.8 Å². The lowest BCUT2D eigenvalue weighted by Crippen LogP contribution is -1.99. The highest BCUT2D eigenvalue weighted by atomic mass is 32.1. The van der Waals surface area contributed by atoms with Crippen molar-refractivity contribution >= 4 is 38.6 Å². The topological polar surface area (TPSA) is 98.9 Å². The second kappa shape index (κ2) is 9.23. The highest BCUT2D eigenvalue weighted by Gasteiger charge is 2.08. The third-order valence-electron chi connectivity index (χ3n) is 4.40. The van der Waals surface area contributed by atoms with Crippen molar-refractivity contribution in [3.05, 3.63) is 88.0 Å². The Hall–Kier alpha value is -3.98. The van der Waals surface area contributed by atoms with Gasteiger partial charge >= 0.3 is 0 Å². The van der Waals surface area contributed by atoms with Crippen molar-refractivity contribution in [1.82, 2.24) is 4.98 Å². The molecule has 0 fully saturated rings. The predicted octanol–water partition coefficient (Wildman–Crippen LogP) is 5.24. The van der Waals surface area contributed by atoms with E-state index in [1.54, 1.807) is 31.5 Å². The molecule has 31 heavy (non-hydrogen) atoms. The molecule has 0 bridgehead atoms. The third-order valence-corrected chi connectivity index (χ3v) is 5.34. The van der Waals surface area contributed by atoms with Crippen LogP contribution in [0, 0.1) is 10.1 Å². The van der Waals surface area contributed by atoms with E-state index in [0.717, 1.165) is 21.3 Å². The molecular formula is C22H18N4O4S. The number of hydrazone groups is 1. The number of thiazole rings is 1. The minimum atomic E-state index is -0.431. The quantitative estimate of drug-likeness (QED) is 0.231. The molecule has 0 aliphatic heterocycles. The summed E-state index contributed by atoms with van der Waals surface area (Å²) in [5.41, 5.74) is 5.57. The van der Waals surface area contributed by atoms with Crippen LogP contribution in [0.25, 0.3) is 10.2 Å². The van der Waals surface area contributed by atoms with Crippen LogP contribution in [0.15, 0.2) is 71.8 Å². The first-order chi connectivity index (χ1) is 15.1. The average molecular weight is 434 g/mol. The SMILES string of the molecule is COc1cc(/C=N/Nc2nc3ccccc3s2)ccc1OCc1ccc([N+](=O)[O-])cc1. The fraction of sp³-hybridized carbons (Fsp3) is 0.0909. The lowest BCUT2D eigenvalue weighted by Gasteiger charge is -2.11. The fourth-order valence-electron chi connectivity index (χ4n) is 2.84. The number of hydrogen-bond donors (Lipinski definition) is 1. The number of nitro benzene ring substituents is 1. The van der Waals surface area contributed by atoms with E-state index in [-0.39, 0.29) is 12.3 Å². The van der Waals surface area contributed by atoms with Crippen LogP contribution in [0.2, 0.25) is 0 Å². The summed E-state index contributed by atoms with van der Waals surface area (Å²) in [6.07, 6.45) is 1.68. The minimum absolute atomic E-state index is 0.0458. The van der Waals surface area contributed by atoms with Crippen molar-refractivity contribution in [3.8, 4) is 11.5 Å². The first-order valence-corrected chi connectivity index (χ1v) is 10.1. The molecule has 3 aromatic carbocycles. The molecule has 0 radical (unpaired) electrons. The molecule has 156 valence electrons. The Kier molecular flexibility index (Phi) is 6.04. The zero-order valence-electron chi connectivity index (χ0n) is 16.5. The maximum absolute atomic E-state index is 10.7. The van der Waals surface area contributed by atoms with Gasteiger partial charge in [-0.25, -0.2) is 4.98 Å². The van der Waals surface area contributed by atoms with Gasteiger partial charge in [-0.2, -0.15) is 5.10 Å². The van der Waals surface area contributed by atoms with Gasteiger partial charge in [0.25, 0.3) is 5.69 Å². The van der Waals surface area contributed by atoms with Gasteiger partial charge in [0.15, 0.2) is 11.5 Å². The minimum Gasteiger partial charge on any atom is -0.493 e. The normalized spacial score (nSPS) is 11.0. The first kappa shape index (κ1) is 20.3. The molecule has 0 saturated heterocycles. The Balaban J connectivity index is 1.39. The summed E-state index contributed by atoms with van der Waals surface area (Å²) in [6, 6.07) is 19.6. The van der Waals surface area contributed by atoms with Crippen LogP contribution < -0.4 is 14.9 Å². The molecule has 1 aromatic heterocycles. The van der Waals surface area contributed by atoms with Crippen LogP contribution in [0.3, 0.4) is 0 Å². The third kappa shape index (κ3) is 4.96. The van der Waals surface area contributed by atoms with Crippen molar-refractivity contribution in [2.45, 2.75) is 6.61 Å². The lowest BCUT2D eigenvalue weighted by atomic mass is 10.2.